The molecule has 2 unspecified atom stereocenters. The summed E-state index contributed by atoms with van der Waals surface area (Å²) in [6.45, 7) is 14.8. The molecule has 2 N–H and O–H groups in total. The summed E-state index contributed by atoms with van der Waals surface area (Å²) in [5.74, 6) is 1.27. The van der Waals surface area contributed by atoms with Crippen molar-refractivity contribution < 1.29 is 0 Å². The van der Waals surface area contributed by atoms with Crippen molar-refractivity contribution in [3.8, 4) is 0 Å². The molecule has 1 aromatic heterocycles. The highest BCUT2D eigenvalue weighted by atomic mass is 15.1. The van der Waals surface area contributed by atoms with Crippen molar-refractivity contribution in [3.05, 3.63) is 54.6 Å². The van der Waals surface area contributed by atoms with Crippen LogP contribution in [0.1, 0.15) is 49.9 Å². The quantitative estimate of drug-likeness (QED) is 0.783. The van der Waals surface area contributed by atoms with Crippen LogP contribution >= 0.6 is 0 Å². The van der Waals surface area contributed by atoms with Crippen LogP contribution in [0.2, 0.25) is 0 Å². The van der Waals surface area contributed by atoms with Gasteiger partial charge in [-0.15, -0.1) is 0 Å². The number of rotatable bonds is 7. The molecule has 2 heterocycles. The minimum atomic E-state index is 0.229. The first-order chi connectivity index (χ1) is 12.1. The molecule has 0 radical (unpaired) electrons. The van der Waals surface area contributed by atoms with Gasteiger partial charge in [-0.3, -0.25) is 0 Å². The number of aromatic nitrogens is 2. The molecule has 0 saturated carbocycles. The molecule has 2 atom stereocenters. The standard InChI is InChI=1S/C21H30N4/c1-5-22-19(14-16(3)25-12-7-6-8-13-25)17(4)21-23-18-11-9-10-15(2)20(18)24-21/h5,9-11,17,19,22H,1,3,6-8,12-14H2,2,4H3,(H,23,24). The molecule has 0 bridgehead atoms. The molecule has 1 saturated heterocycles. The van der Waals surface area contributed by atoms with E-state index in [-0.39, 0.29) is 12.0 Å². The van der Waals surface area contributed by atoms with Crippen LogP contribution in [-0.4, -0.2) is 34.0 Å². The van der Waals surface area contributed by atoms with E-state index in [1.165, 1.54) is 30.5 Å². The molecular weight excluding hydrogens is 308 g/mol. The van der Waals surface area contributed by atoms with Crippen molar-refractivity contribution in [2.75, 3.05) is 13.1 Å². The first kappa shape index (κ1) is 17.6. The van der Waals surface area contributed by atoms with Gasteiger partial charge in [0.15, 0.2) is 0 Å². The Bertz CT molecular complexity index is 739. The van der Waals surface area contributed by atoms with Crippen LogP contribution in [0.5, 0.6) is 0 Å². The van der Waals surface area contributed by atoms with Gasteiger partial charge < -0.3 is 15.2 Å². The first-order valence-electron chi connectivity index (χ1n) is 9.35. The van der Waals surface area contributed by atoms with Crippen LogP contribution < -0.4 is 5.32 Å². The van der Waals surface area contributed by atoms with Gasteiger partial charge in [0, 0.05) is 37.2 Å². The van der Waals surface area contributed by atoms with E-state index in [1.807, 2.05) is 0 Å². The summed E-state index contributed by atoms with van der Waals surface area (Å²) in [6.07, 6.45) is 6.59. The van der Waals surface area contributed by atoms with E-state index in [1.54, 1.807) is 6.20 Å². The zero-order valence-corrected chi connectivity index (χ0v) is 15.5. The van der Waals surface area contributed by atoms with Crippen LogP contribution in [0.25, 0.3) is 11.0 Å². The number of hydrogen-bond acceptors (Lipinski definition) is 3. The Hall–Kier alpha value is -2.23. The smallest absolute Gasteiger partial charge is 0.112 e. The van der Waals surface area contributed by atoms with E-state index in [4.69, 9.17) is 4.98 Å². The Morgan fingerprint density at radius 2 is 2.12 bits per heavy atom. The third kappa shape index (κ3) is 3.89. The van der Waals surface area contributed by atoms with Crippen LogP contribution in [0.3, 0.4) is 0 Å². The van der Waals surface area contributed by atoms with Gasteiger partial charge in [-0.05, 0) is 44.0 Å². The molecule has 1 aliphatic heterocycles. The minimum Gasteiger partial charge on any atom is -0.388 e. The fourth-order valence-electron chi connectivity index (χ4n) is 3.73. The summed E-state index contributed by atoms with van der Waals surface area (Å²) in [7, 11) is 0. The fourth-order valence-corrected chi connectivity index (χ4v) is 3.73. The number of aromatic amines is 1. The van der Waals surface area contributed by atoms with Gasteiger partial charge in [-0.1, -0.05) is 32.2 Å². The number of aryl methyl sites for hydroxylation is 1. The monoisotopic (exact) mass is 338 g/mol. The lowest BCUT2D eigenvalue weighted by molar-refractivity contribution is 0.268. The Morgan fingerprint density at radius 1 is 1.36 bits per heavy atom. The second kappa shape index (κ2) is 7.77. The van der Waals surface area contributed by atoms with E-state index in [0.29, 0.717) is 0 Å². The molecule has 134 valence electrons. The maximum absolute atomic E-state index is 4.86. The molecule has 0 amide bonds. The predicted octanol–water partition coefficient (Wildman–Crippen LogP) is 4.47. The molecule has 4 heteroatoms. The second-order valence-corrected chi connectivity index (χ2v) is 7.18. The van der Waals surface area contributed by atoms with Crippen molar-refractivity contribution in [2.24, 2.45) is 0 Å². The fraction of sp³-hybridized carbons (Fsp3) is 0.476. The molecule has 1 aromatic carbocycles. The van der Waals surface area contributed by atoms with Crippen LogP contribution in [-0.2, 0) is 0 Å². The van der Waals surface area contributed by atoms with Gasteiger partial charge in [0.25, 0.3) is 0 Å². The first-order valence-corrected chi connectivity index (χ1v) is 9.35. The number of nitrogens with zero attached hydrogens (tertiary/aromatic N) is 2. The van der Waals surface area contributed by atoms with Crippen LogP contribution in [0, 0.1) is 6.92 Å². The van der Waals surface area contributed by atoms with Gasteiger partial charge in [0.1, 0.15) is 5.82 Å². The van der Waals surface area contributed by atoms with Gasteiger partial charge in [0.2, 0.25) is 0 Å². The van der Waals surface area contributed by atoms with Crippen molar-refractivity contribution in [1.29, 1.82) is 0 Å². The van der Waals surface area contributed by atoms with Crippen molar-refractivity contribution in [1.82, 2.24) is 20.2 Å². The van der Waals surface area contributed by atoms with Gasteiger partial charge >= 0.3 is 0 Å². The Kier molecular flexibility index (Phi) is 5.47. The van der Waals surface area contributed by atoms with E-state index in [2.05, 4.69) is 60.4 Å². The number of para-hydroxylation sites is 1. The van der Waals surface area contributed by atoms with Crippen molar-refractivity contribution in [3.63, 3.8) is 0 Å². The molecule has 0 aliphatic carbocycles. The number of nitrogens with one attached hydrogen (secondary N) is 2. The third-order valence-corrected chi connectivity index (χ3v) is 5.36. The molecular formula is C21H30N4. The number of hydrogen-bond donors (Lipinski definition) is 2. The zero-order valence-electron chi connectivity index (χ0n) is 15.5. The molecule has 25 heavy (non-hydrogen) atoms. The highest BCUT2D eigenvalue weighted by molar-refractivity contribution is 5.78. The summed E-state index contributed by atoms with van der Waals surface area (Å²) >= 11 is 0. The van der Waals surface area contributed by atoms with Gasteiger partial charge in [-0.25, -0.2) is 4.98 Å². The third-order valence-electron chi connectivity index (χ3n) is 5.36. The summed E-state index contributed by atoms with van der Waals surface area (Å²) in [4.78, 5) is 10.8. The van der Waals surface area contributed by atoms with E-state index >= 15 is 0 Å². The molecule has 1 aliphatic rings. The number of benzene rings is 1. The second-order valence-electron chi connectivity index (χ2n) is 7.18. The highest BCUT2D eigenvalue weighted by Crippen LogP contribution is 2.26. The summed E-state index contributed by atoms with van der Waals surface area (Å²) in [5, 5.41) is 3.43. The topological polar surface area (TPSA) is 44.0 Å². The summed E-state index contributed by atoms with van der Waals surface area (Å²) < 4.78 is 0. The summed E-state index contributed by atoms with van der Waals surface area (Å²) in [5.41, 5.74) is 4.60. The number of fused-ring (bicyclic) bond motifs is 1. The maximum atomic E-state index is 4.86. The summed E-state index contributed by atoms with van der Waals surface area (Å²) in [6, 6.07) is 6.50. The lowest BCUT2D eigenvalue weighted by atomic mass is 9.96. The van der Waals surface area contributed by atoms with Gasteiger partial charge in [-0.2, -0.15) is 0 Å². The number of imidazole rings is 1. The molecule has 4 nitrogen and oxygen atoms in total. The van der Waals surface area contributed by atoms with Crippen LogP contribution in [0.15, 0.2) is 43.3 Å². The molecule has 1 fully saturated rings. The van der Waals surface area contributed by atoms with Crippen LogP contribution in [0.4, 0.5) is 0 Å². The van der Waals surface area contributed by atoms with E-state index < -0.39 is 0 Å². The predicted molar refractivity (Wildman–Crippen MR) is 106 cm³/mol. The number of likely N-dealkylation sites (tertiary alicyclic amines) is 1. The Labute approximate surface area is 151 Å². The van der Waals surface area contributed by atoms with Gasteiger partial charge in [0.05, 0.1) is 11.0 Å². The highest BCUT2D eigenvalue weighted by Gasteiger charge is 2.24. The van der Waals surface area contributed by atoms with Crippen molar-refractivity contribution >= 4 is 11.0 Å². The van der Waals surface area contributed by atoms with E-state index in [9.17, 15) is 0 Å². The van der Waals surface area contributed by atoms with E-state index in [0.717, 1.165) is 36.4 Å². The Morgan fingerprint density at radius 3 is 2.80 bits per heavy atom. The maximum Gasteiger partial charge on any atom is 0.112 e. The normalized spacial score (nSPS) is 17.3. The van der Waals surface area contributed by atoms with Crippen molar-refractivity contribution in [2.45, 2.75) is 51.5 Å². The number of piperidine rings is 1. The lowest BCUT2D eigenvalue weighted by Crippen LogP contribution is -2.36. The SMILES string of the molecule is C=CNC(CC(=C)N1CCCCC1)C(C)c1nc2c(C)cccc2[nH]1. The molecule has 0 spiro atoms. The molecule has 2 aromatic rings. The largest absolute Gasteiger partial charge is 0.388 e. The number of H-pyrrole nitrogens is 1. The zero-order chi connectivity index (χ0) is 17.8. The molecule has 3 rings (SSSR count). The average molecular weight is 338 g/mol. The average Bonchev–Trinajstić information content (AvgIpc) is 3.07. The lowest BCUT2D eigenvalue weighted by Gasteiger charge is -2.33. The Balaban J connectivity index is 1.77. The minimum absolute atomic E-state index is 0.229.